The quantitative estimate of drug-likeness (QED) is 0.685. The van der Waals surface area contributed by atoms with Gasteiger partial charge in [-0.15, -0.1) is 0 Å². The number of rotatable bonds is 0. The molecule has 0 bridgehead atoms. The highest BCUT2D eigenvalue weighted by Crippen LogP contribution is 2.47. The zero-order chi connectivity index (χ0) is 12.9. The van der Waals surface area contributed by atoms with Gasteiger partial charge in [-0.05, 0) is 38.2 Å². The lowest BCUT2D eigenvalue weighted by Gasteiger charge is -2.25. The Balaban J connectivity index is 2.43. The summed E-state index contributed by atoms with van der Waals surface area (Å²) in [7, 11) is 0. The Hall–Kier alpha value is -1.70. The average molecular weight is 242 g/mol. The predicted molar refractivity (Wildman–Crippen MR) is 73.4 cm³/mol. The Morgan fingerprint density at radius 2 is 1.89 bits per heavy atom. The van der Waals surface area contributed by atoms with Gasteiger partial charge < -0.3 is 10.2 Å². The standard InChI is InChI=1S/C16H18O2/c1-9-6-7-11-13(8-9)15(17)12-5-3-4-10(2)14(12)16(11)18/h6-8,10,17-18H,3-5H2,1-2H3. The largest absolute Gasteiger partial charge is 0.507 e. The van der Waals surface area contributed by atoms with Crippen molar-refractivity contribution in [1.29, 1.82) is 0 Å². The molecule has 0 saturated carbocycles. The molecule has 0 fully saturated rings. The van der Waals surface area contributed by atoms with E-state index in [1.807, 2.05) is 25.1 Å². The van der Waals surface area contributed by atoms with Gasteiger partial charge in [-0.25, -0.2) is 0 Å². The van der Waals surface area contributed by atoms with E-state index in [1.54, 1.807) is 0 Å². The Labute approximate surface area is 107 Å². The van der Waals surface area contributed by atoms with Crippen molar-refractivity contribution in [1.82, 2.24) is 0 Å². The summed E-state index contributed by atoms with van der Waals surface area (Å²) in [5, 5.41) is 22.5. The molecule has 0 radical (unpaired) electrons. The van der Waals surface area contributed by atoms with E-state index in [4.69, 9.17) is 0 Å². The van der Waals surface area contributed by atoms with Crippen LogP contribution >= 0.6 is 0 Å². The van der Waals surface area contributed by atoms with Crippen molar-refractivity contribution in [3.8, 4) is 11.5 Å². The van der Waals surface area contributed by atoms with Crippen LogP contribution in [-0.4, -0.2) is 10.2 Å². The summed E-state index contributed by atoms with van der Waals surface area (Å²) in [5.74, 6) is 1.06. The third-order valence-electron chi connectivity index (χ3n) is 4.11. The Morgan fingerprint density at radius 3 is 2.67 bits per heavy atom. The zero-order valence-electron chi connectivity index (χ0n) is 10.8. The van der Waals surface area contributed by atoms with E-state index in [2.05, 4.69) is 6.92 Å². The van der Waals surface area contributed by atoms with Crippen LogP contribution in [0, 0.1) is 6.92 Å². The van der Waals surface area contributed by atoms with E-state index < -0.39 is 0 Å². The molecule has 3 rings (SSSR count). The summed E-state index contributed by atoms with van der Waals surface area (Å²) < 4.78 is 0. The molecular formula is C16H18O2. The van der Waals surface area contributed by atoms with Crippen molar-refractivity contribution >= 4 is 10.8 Å². The second-order valence-corrected chi connectivity index (χ2v) is 5.43. The molecule has 2 heteroatoms. The first kappa shape index (κ1) is 11.4. The molecule has 0 spiro atoms. The summed E-state index contributed by atoms with van der Waals surface area (Å²) in [4.78, 5) is 0. The van der Waals surface area contributed by atoms with Gasteiger partial charge in [-0.2, -0.15) is 0 Å². The van der Waals surface area contributed by atoms with Gasteiger partial charge in [0.25, 0.3) is 0 Å². The van der Waals surface area contributed by atoms with Crippen molar-refractivity contribution in [2.24, 2.45) is 0 Å². The maximum absolute atomic E-state index is 10.5. The van der Waals surface area contributed by atoms with Crippen LogP contribution in [0.25, 0.3) is 10.8 Å². The fourth-order valence-electron chi connectivity index (χ4n) is 3.15. The SMILES string of the molecule is Cc1ccc2c(O)c3c(c(O)c2c1)CCCC3C. The minimum Gasteiger partial charge on any atom is -0.507 e. The molecule has 2 nitrogen and oxygen atoms in total. The van der Waals surface area contributed by atoms with Crippen molar-refractivity contribution < 1.29 is 10.2 Å². The number of fused-ring (bicyclic) bond motifs is 2. The third-order valence-corrected chi connectivity index (χ3v) is 4.11. The van der Waals surface area contributed by atoms with Crippen molar-refractivity contribution in [2.45, 2.75) is 39.0 Å². The molecule has 1 aliphatic carbocycles. The molecule has 0 saturated heterocycles. The molecule has 2 aromatic carbocycles. The first-order valence-corrected chi connectivity index (χ1v) is 6.56. The van der Waals surface area contributed by atoms with Crippen LogP contribution in [-0.2, 0) is 6.42 Å². The lowest BCUT2D eigenvalue weighted by molar-refractivity contribution is 0.438. The second-order valence-electron chi connectivity index (χ2n) is 5.43. The maximum Gasteiger partial charge on any atom is 0.127 e. The highest BCUT2D eigenvalue weighted by molar-refractivity contribution is 5.96. The van der Waals surface area contributed by atoms with E-state index >= 15 is 0 Å². The second kappa shape index (κ2) is 3.91. The van der Waals surface area contributed by atoms with Gasteiger partial charge in [0.05, 0.1) is 0 Å². The van der Waals surface area contributed by atoms with Crippen LogP contribution in [0.3, 0.4) is 0 Å². The molecule has 0 heterocycles. The lowest BCUT2D eigenvalue weighted by Crippen LogP contribution is -2.08. The van der Waals surface area contributed by atoms with Crippen LogP contribution in [0.5, 0.6) is 11.5 Å². The van der Waals surface area contributed by atoms with Crippen LogP contribution in [0.2, 0.25) is 0 Å². The molecule has 0 amide bonds. The smallest absolute Gasteiger partial charge is 0.127 e. The number of phenolic OH excluding ortho intramolecular Hbond substituents is 2. The van der Waals surface area contributed by atoms with Gasteiger partial charge in [-0.3, -0.25) is 0 Å². The summed E-state index contributed by atoms with van der Waals surface area (Å²) in [6.07, 6.45) is 3.03. The monoisotopic (exact) mass is 242 g/mol. The molecule has 94 valence electrons. The highest BCUT2D eigenvalue weighted by atomic mass is 16.3. The van der Waals surface area contributed by atoms with Crippen molar-refractivity contribution in [2.75, 3.05) is 0 Å². The number of aryl methyl sites for hydroxylation is 1. The average Bonchev–Trinajstić information content (AvgIpc) is 2.35. The summed E-state index contributed by atoms with van der Waals surface area (Å²) in [6.45, 7) is 4.12. The van der Waals surface area contributed by atoms with E-state index in [0.29, 0.717) is 17.4 Å². The molecule has 1 unspecified atom stereocenters. The van der Waals surface area contributed by atoms with Crippen molar-refractivity contribution in [3.05, 3.63) is 34.9 Å². The maximum atomic E-state index is 10.5. The van der Waals surface area contributed by atoms with Gasteiger partial charge in [0, 0.05) is 21.9 Å². The Kier molecular flexibility index (Phi) is 2.47. The molecule has 18 heavy (non-hydrogen) atoms. The van der Waals surface area contributed by atoms with Gasteiger partial charge in [-0.1, -0.05) is 24.6 Å². The van der Waals surface area contributed by atoms with Crippen molar-refractivity contribution in [3.63, 3.8) is 0 Å². The van der Waals surface area contributed by atoms with Crippen LogP contribution in [0.1, 0.15) is 42.4 Å². The van der Waals surface area contributed by atoms with E-state index in [-0.39, 0.29) is 0 Å². The molecule has 2 N–H and O–H groups in total. The fraction of sp³-hybridized carbons (Fsp3) is 0.375. The Morgan fingerprint density at radius 1 is 1.11 bits per heavy atom. The number of hydrogen-bond acceptors (Lipinski definition) is 2. The fourth-order valence-corrected chi connectivity index (χ4v) is 3.15. The summed E-state index contributed by atoms with van der Waals surface area (Å²) in [5.41, 5.74) is 3.00. The zero-order valence-corrected chi connectivity index (χ0v) is 10.8. The first-order valence-electron chi connectivity index (χ1n) is 6.56. The van der Waals surface area contributed by atoms with Crippen LogP contribution in [0.15, 0.2) is 18.2 Å². The number of hydrogen-bond donors (Lipinski definition) is 2. The normalized spacial score (nSPS) is 18.9. The molecule has 2 aromatic rings. The number of benzene rings is 2. The number of aromatic hydroxyl groups is 2. The topological polar surface area (TPSA) is 40.5 Å². The lowest BCUT2D eigenvalue weighted by atomic mass is 9.81. The minimum absolute atomic E-state index is 0.324. The molecule has 1 aliphatic rings. The van der Waals surface area contributed by atoms with E-state index in [1.165, 1.54) is 0 Å². The van der Waals surface area contributed by atoms with Gasteiger partial charge in [0.1, 0.15) is 11.5 Å². The van der Waals surface area contributed by atoms with Gasteiger partial charge >= 0.3 is 0 Å². The summed E-state index contributed by atoms with van der Waals surface area (Å²) >= 11 is 0. The molecule has 0 aromatic heterocycles. The van der Waals surface area contributed by atoms with E-state index in [0.717, 1.165) is 46.7 Å². The molecule has 1 atom stereocenters. The molecule has 0 aliphatic heterocycles. The minimum atomic E-state index is 0.324. The Bertz CT molecular complexity index is 629. The number of phenols is 2. The highest BCUT2D eigenvalue weighted by Gasteiger charge is 2.25. The summed E-state index contributed by atoms with van der Waals surface area (Å²) in [6, 6.07) is 5.83. The van der Waals surface area contributed by atoms with Crippen LogP contribution < -0.4 is 0 Å². The third kappa shape index (κ3) is 1.48. The van der Waals surface area contributed by atoms with E-state index in [9.17, 15) is 10.2 Å². The van der Waals surface area contributed by atoms with Gasteiger partial charge in [0.2, 0.25) is 0 Å². The molecular weight excluding hydrogens is 224 g/mol. The predicted octanol–water partition coefficient (Wildman–Crippen LogP) is 4.00. The van der Waals surface area contributed by atoms with Gasteiger partial charge in [0.15, 0.2) is 0 Å². The first-order chi connectivity index (χ1) is 8.59. The van der Waals surface area contributed by atoms with Crippen LogP contribution in [0.4, 0.5) is 0 Å².